The zero-order valence-corrected chi connectivity index (χ0v) is 12.1. The van der Waals surface area contributed by atoms with Crippen LogP contribution in [0.15, 0.2) is 30.3 Å². The van der Waals surface area contributed by atoms with E-state index in [1.165, 1.54) is 12.8 Å². The summed E-state index contributed by atoms with van der Waals surface area (Å²) in [6.45, 7) is 1.70. The topological polar surface area (TPSA) is 65.9 Å². The predicted molar refractivity (Wildman–Crippen MR) is 85.1 cm³/mol. The first-order chi connectivity index (χ1) is 10.3. The quantitative estimate of drug-likeness (QED) is 0.939. The molecule has 2 aromatic rings. The number of hydrogen-bond donors (Lipinski definition) is 1. The molecule has 4 nitrogen and oxygen atoms in total. The number of para-hydroxylation sites is 1. The summed E-state index contributed by atoms with van der Waals surface area (Å²) in [6.07, 6.45) is 4.57. The maximum atomic E-state index is 9.41. The van der Waals surface area contributed by atoms with Crippen molar-refractivity contribution < 1.29 is 0 Å². The molecule has 0 aliphatic carbocycles. The van der Waals surface area contributed by atoms with Crippen molar-refractivity contribution in [3.63, 3.8) is 0 Å². The predicted octanol–water partition coefficient (Wildman–Crippen LogP) is 2.81. The van der Waals surface area contributed by atoms with E-state index in [-0.39, 0.29) is 0 Å². The van der Waals surface area contributed by atoms with Crippen molar-refractivity contribution >= 4 is 16.7 Å². The average molecular weight is 280 g/mol. The van der Waals surface area contributed by atoms with Gasteiger partial charge in [-0.05, 0) is 44.4 Å². The van der Waals surface area contributed by atoms with E-state index in [1.807, 2.05) is 30.3 Å². The molecule has 0 radical (unpaired) electrons. The number of anilines is 1. The molecule has 4 heteroatoms. The molecule has 1 aliphatic heterocycles. The lowest BCUT2D eigenvalue weighted by atomic mass is 9.99. The minimum absolute atomic E-state index is 0.448. The van der Waals surface area contributed by atoms with E-state index in [0.717, 1.165) is 36.1 Å². The summed E-state index contributed by atoms with van der Waals surface area (Å²) in [5.74, 6) is 0.920. The first-order valence-electron chi connectivity index (χ1n) is 7.60. The minimum atomic E-state index is 0.448. The van der Waals surface area contributed by atoms with Gasteiger partial charge in [-0.2, -0.15) is 5.26 Å². The summed E-state index contributed by atoms with van der Waals surface area (Å²) in [6, 6.07) is 12.5. The molecule has 1 aromatic carbocycles. The summed E-state index contributed by atoms with van der Waals surface area (Å²) < 4.78 is 0. The third kappa shape index (κ3) is 2.70. The van der Waals surface area contributed by atoms with E-state index >= 15 is 0 Å². The third-order valence-corrected chi connectivity index (χ3v) is 4.24. The van der Waals surface area contributed by atoms with Crippen LogP contribution in [0, 0.1) is 11.3 Å². The Labute approximate surface area is 125 Å². The van der Waals surface area contributed by atoms with Crippen molar-refractivity contribution in [3.8, 4) is 6.07 Å². The molecule has 1 aliphatic rings. The first-order valence-corrected chi connectivity index (χ1v) is 7.60. The lowest BCUT2D eigenvalue weighted by Crippen LogP contribution is -2.41. The Morgan fingerprint density at radius 1 is 1.33 bits per heavy atom. The fourth-order valence-electron chi connectivity index (χ4n) is 3.20. The molecule has 2 heterocycles. The van der Waals surface area contributed by atoms with Crippen molar-refractivity contribution in [1.29, 1.82) is 5.26 Å². The average Bonchev–Trinajstić information content (AvgIpc) is 2.54. The van der Waals surface area contributed by atoms with E-state index in [2.05, 4.69) is 11.0 Å². The van der Waals surface area contributed by atoms with Crippen LogP contribution in [0.3, 0.4) is 0 Å². The molecule has 0 bridgehead atoms. The lowest BCUT2D eigenvalue weighted by Gasteiger charge is -2.36. The second kappa shape index (κ2) is 6.11. The van der Waals surface area contributed by atoms with Crippen molar-refractivity contribution in [1.82, 2.24) is 4.98 Å². The van der Waals surface area contributed by atoms with Crippen molar-refractivity contribution in [2.45, 2.75) is 31.7 Å². The van der Waals surface area contributed by atoms with Gasteiger partial charge in [0, 0.05) is 18.0 Å². The number of aromatic nitrogens is 1. The van der Waals surface area contributed by atoms with Gasteiger partial charge in [-0.25, -0.2) is 4.98 Å². The Morgan fingerprint density at radius 3 is 3.00 bits per heavy atom. The van der Waals surface area contributed by atoms with Gasteiger partial charge in [0.05, 0.1) is 17.1 Å². The molecule has 1 atom stereocenters. The molecule has 0 spiro atoms. The highest BCUT2D eigenvalue weighted by Crippen LogP contribution is 2.28. The van der Waals surface area contributed by atoms with Crippen molar-refractivity contribution in [3.05, 3.63) is 35.9 Å². The summed E-state index contributed by atoms with van der Waals surface area (Å²) in [5, 5.41) is 10.3. The molecule has 0 amide bonds. The molecule has 21 heavy (non-hydrogen) atoms. The van der Waals surface area contributed by atoms with Crippen LogP contribution in [0.25, 0.3) is 10.9 Å². The minimum Gasteiger partial charge on any atom is -0.354 e. The second-order valence-corrected chi connectivity index (χ2v) is 5.58. The van der Waals surface area contributed by atoms with Crippen LogP contribution in [0.5, 0.6) is 0 Å². The van der Waals surface area contributed by atoms with Crippen LogP contribution in [-0.2, 0) is 0 Å². The maximum absolute atomic E-state index is 9.41. The van der Waals surface area contributed by atoms with Crippen molar-refractivity contribution in [2.24, 2.45) is 5.73 Å². The largest absolute Gasteiger partial charge is 0.354 e. The first kappa shape index (κ1) is 13.8. The van der Waals surface area contributed by atoms with Gasteiger partial charge in [-0.15, -0.1) is 0 Å². The van der Waals surface area contributed by atoms with E-state index in [0.29, 0.717) is 18.2 Å². The van der Waals surface area contributed by atoms with Gasteiger partial charge in [0.1, 0.15) is 5.82 Å². The number of pyridine rings is 1. The Balaban J connectivity index is 2.05. The number of nitrogens with two attached hydrogens (primary N) is 1. The Kier molecular flexibility index (Phi) is 4.03. The van der Waals surface area contributed by atoms with Crippen LogP contribution in [-0.4, -0.2) is 24.1 Å². The van der Waals surface area contributed by atoms with Crippen LogP contribution in [0.1, 0.15) is 31.2 Å². The highest BCUT2D eigenvalue weighted by Gasteiger charge is 2.23. The molecule has 1 unspecified atom stereocenters. The molecule has 3 rings (SSSR count). The smallest absolute Gasteiger partial charge is 0.130 e. The monoisotopic (exact) mass is 280 g/mol. The number of piperidine rings is 1. The molecule has 108 valence electrons. The molecular weight excluding hydrogens is 260 g/mol. The van der Waals surface area contributed by atoms with E-state index in [4.69, 9.17) is 10.7 Å². The lowest BCUT2D eigenvalue weighted by molar-refractivity contribution is 0.439. The Hall–Kier alpha value is -2.12. The molecule has 2 N–H and O–H groups in total. The third-order valence-electron chi connectivity index (χ3n) is 4.24. The number of hydrogen-bond acceptors (Lipinski definition) is 4. The van der Waals surface area contributed by atoms with Crippen molar-refractivity contribution in [2.75, 3.05) is 18.0 Å². The van der Waals surface area contributed by atoms with Crippen LogP contribution >= 0.6 is 0 Å². The van der Waals surface area contributed by atoms with Gasteiger partial charge in [-0.3, -0.25) is 0 Å². The van der Waals surface area contributed by atoms with Gasteiger partial charge < -0.3 is 10.6 Å². The number of nitrogens with zero attached hydrogens (tertiary/aromatic N) is 3. The number of rotatable bonds is 3. The highest BCUT2D eigenvalue weighted by atomic mass is 15.2. The Morgan fingerprint density at radius 2 is 2.19 bits per heavy atom. The standard InChI is InChI=1S/C17H20N4/c18-9-8-14-5-3-4-10-21(14)17-11-13(12-19)15-6-1-2-7-16(15)20-17/h1-2,6-7,11,14H,3-5,8-10,18H2. The fourth-order valence-corrected chi connectivity index (χ4v) is 3.20. The summed E-state index contributed by atoms with van der Waals surface area (Å²) in [7, 11) is 0. The summed E-state index contributed by atoms with van der Waals surface area (Å²) in [5.41, 5.74) is 7.34. The zero-order valence-electron chi connectivity index (χ0n) is 12.1. The maximum Gasteiger partial charge on any atom is 0.130 e. The number of benzene rings is 1. The van der Waals surface area contributed by atoms with Gasteiger partial charge in [0.2, 0.25) is 0 Å². The molecular formula is C17H20N4. The highest BCUT2D eigenvalue weighted by molar-refractivity contribution is 5.86. The number of fused-ring (bicyclic) bond motifs is 1. The van der Waals surface area contributed by atoms with Gasteiger partial charge in [0.15, 0.2) is 0 Å². The van der Waals surface area contributed by atoms with Crippen LogP contribution in [0.4, 0.5) is 5.82 Å². The second-order valence-electron chi connectivity index (χ2n) is 5.58. The number of nitriles is 1. The molecule has 1 saturated heterocycles. The van der Waals surface area contributed by atoms with Gasteiger partial charge in [0.25, 0.3) is 0 Å². The molecule has 1 aromatic heterocycles. The van der Waals surface area contributed by atoms with E-state index in [1.54, 1.807) is 0 Å². The van der Waals surface area contributed by atoms with E-state index in [9.17, 15) is 5.26 Å². The van der Waals surface area contributed by atoms with Gasteiger partial charge in [-0.1, -0.05) is 18.2 Å². The Bertz CT molecular complexity index is 672. The SMILES string of the molecule is N#Cc1cc(N2CCCCC2CCN)nc2ccccc12. The summed E-state index contributed by atoms with van der Waals surface area (Å²) >= 11 is 0. The van der Waals surface area contributed by atoms with Gasteiger partial charge >= 0.3 is 0 Å². The van der Waals surface area contributed by atoms with Crippen LogP contribution < -0.4 is 10.6 Å². The van der Waals surface area contributed by atoms with E-state index < -0.39 is 0 Å². The zero-order chi connectivity index (χ0) is 14.7. The van der Waals surface area contributed by atoms with Crippen LogP contribution in [0.2, 0.25) is 0 Å². The normalized spacial score (nSPS) is 18.7. The molecule has 0 saturated carbocycles. The fraction of sp³-hybridized carbons (Fsp3) is 0.412. The molecule has 1 fully saturated rings. The summed E-state index contributed by atoms with van der Waals surface area (Å²) in [4.78, 5) is 7.11.